The van der Waals surface area contributed by atoms with Crippen molar-refractivity contribution in [1.82, 2.24) is 25.5 Å². The fourth-order valence-electron chi connectivity index (χ4n) is 2.36. The highest BCUT2D eigenvalue weighted by molar-refractivity contribution is 5.48. The fourth-order valence-corrected chi connectivity index (χ4v) is 2.36. The third-order valence-electron chi connectivity index (χ3n) is 3.53. The van der Waals surface area contributed by atoms with Crippen LogP contribution in [0.25, 0.3) is 5.69 Å². The first-order chi connectivity index (χ1) is 9.42. The number of anilines is 1. The molecule has 1 aliphatic rings. The summed E-state index contributed by atoms with van der Waals surface area (Å²) in [5.74, 6) is 0.778. The van der Waals surface area contributed by atoms with E-state index in [4.69, 9.17) is 0 Å². The molecule has 19 heavy (non-hydrogen) atoms. The molecule has 1 aliphatic heterocycles. The van der Waals surface area contributed by atoms with Crippen LogP contribution in [0.5, 0.6) is 0 Å². The van der Waals surface area contributed by atoms with Gasteiger partial charge < -0.3 is 10.6 Å². The SMILES string of the molecule is c1cc(-n2cnnn2)ccc1NCC1CCNCC1. The normalized spacial score (nSPS) is 16.4. The van der Waals surface area contributed by atoms with Crippen molar-refractivity contribution in [1.29, 1.82) is 0 Å². The van der Waals surface area contributed by atoms with Gasteiger partial charge in [-0.25, -0.2) is 4.68 Å². The molecule has 0 bridgehead atoms. The summed E-state index contributed by atoms with van der Waals surface area (Å²) in [6.07, 6.45) is 4.11. The van der Waals surface area contributed by atoms with Crippen LogP contribution in [0.2, 0.25) is 0 Å². The highest BCUT2D eigenvalue weighted by Crippen LogP contribution is 2.15. The first-order valence-electron chi connectivity index (χ1n) is 6.70. The maximum absolute atomic E-state index is 3.86. The molecule has 0 spiro atoms. The van der Waals surface area contributed by atoms with E-state index in [2.05, 4.69) is 38.3 Å². The summed E-state index contributed by atoms with van der Waals surface area (Å²) in [4.78, 5) is 0. The van der Waals surface area contributed by atoms with Crippen molar-refractivity contribution in [2.45, 2.75) is 12.8 Å². The minimum Gasteiger partial charge on any atom is -0.385 e. The molecule has 0 aliphatic carbocycles. The van der Waals surface area contributed by atoms with E-state index in [1.165, 1.54) is 12.8 Å². The van der Waals surface area contributed by atoms with Crippen LogP contribution in [-0.2, 0) is 0 Å². The van der Waals surface area contributed by atoms with Crippen molar-refractivity contribution in [2.24, 2.45) is 5.92 Å². The molecule has 3 rings (SSSR count). The van der Waals surface area contributed by atoms with Crippen LogP contribution in [0.3, 0.4) is 0 Å². The predicted octanol–water partition coefficient (Wildman–Crippen LogP) is 1.07. The Balaban J connectivity index is 1.57. The van der Waals surface area contributed by atoms with Gasteiger partial charge in [0.05, 0.1) is 5.69 Å². The quantitative estimate of drug-likeness (QED) is 0.858. The van der Waals surface area contributed by atoms with Crippen LogP contribution < -0.4 is 10.6 Å². The third-order valence-corrected chi connectivity index (χ3v) is 3.53. The van der Waals surface area contributed by atoms with Gasteiger partial charge in [0.15, 0.2) is 0 Å². The van der Waals surface area contributed by atoms with Crippen LogP contribution in [0, 0.1) is 5.92 Å². The molecule has 0 unspecified atom stereocenters. The number of benzene rings is 1. The van der Waals surface area contributed by atoms with Gasteiger partial charge in [0.25, 0.3) is 0 Å². The average molecular weight is 258 g/mol. The molecule has 0 saturated carbocycles. The second kappa shape index (κ2) is 5.79. The molecular weight excluding hydrogens is 240 g/mol. The van der Waals surface area contributed by atoms with E-state index in [-0.39, 0.29) is 0 Å². The molecule has 1 fully saturated rings. The zero-order valence-electron chi connectivity index (χ0n) is 10.8. The van der Waals surface area contributed by atoms with E-state index in [1.807, 2.05) is 12.1 Å². The molecule has 0 amide bonds. The Kier molecular flexibility index (Phi) is 3.69. The minimum atomic E-state index is 0.778. The van der Waals surface area contributed by atoms with Crippen LogP contribution in [0.4, 0.5) is 5.69 Å². The number of nitrogens with zero attached hydrogens (tertiary/aromatic N) is 4. The van der Waals surface area contributed by atoms with E-state index in [0.29, 0.717) is 0 Å². The molecule has 0 atom stereocenters. The lowest BCUT2D eigenvalue weighted by Gasteiger charge is -2.23. The second-order valence-electron chi connectivity index (χ2n) is 4.88. The smallest absolute Gasteiger partial charge is 0.143 e. The molecule has 2 heterocycles. The Morgan fingerprint density at radius 2 is 2.00 bits per heavy atom. The topological polar surface area (TPSA) is 67.7 Å². The maximum atomic E-state index is 3.86. The van der Waals surface area contributed by atoms with E-state index >= 15 is 0 Å². The summed E-state index contributed by atoms with van der Waals surface area (Å²) in [7, 11) is 0. The number of rotatable bonds is 4. The summed E-state index contributed by atoms with van der Waals surface area (Å²) in [5, 5.41) is 18.0. The maximum Gasteiger partial charge on any atom is 0.143 e. The number of nitrogens with one attached hydrogen (secondary N) is 2. The first kappa shape index (κ1) is 12.1. The highest BCUT2D eigenvalue weighted by atomic mass is 15.5. The molecule has 2 N–H and O–H groups in total. The van der Waals surface area contributed by atoms with Gasteiger partial charge in [-0.15, -0.1) is 5.10 Å². The first-order valence-corrected chi connectivity index (χ1v) is 6.70. The van der Waals surface area contributed by atoms with Crippen molar-refractivity contribution in [3.05, 3.63) is 30.6 Å². The summed E-state index contributed by atoms with van der Waals surface area (Å²) in [6, 6.07) is 8.17. The molecule has 2 aromatic rings. The van der Waals surface area contributed by atoms with E-state index in [9.17, 15) is 0 Å². The highest BCUT2D eigenvalue weighted by Gasteiger charge is 2.12. The van der Waals surface area contributed by atoms with Crippen LogP contribution in [0.15, 0.2) is 30.6 Å². The van der Waals surface area contributed by atoms with Gasteiger partial charge in [0, 0.05) is 12.2 Å². The lowest BCUT2D eigenvalue weighted by molar-refractivity contribution is 0.390. The van der Waals surface area contributed by atoms with Crippen molar-refractivity contribution in [3.63, 3.8) is 0 Å². The molecule has 1 saturated heterocycles. The Bertz CT molecular complexity index is 486. The van der Waals surface area contributed by atoms with Crippen molar-refractivity contribution in [2.75, 3.05) is 25.0 Å². The zero-order chi connectivity index (χ0) is 12.9. The van der Waals surface area contributed by atoms with Crippen LogP contribution in [-0.4, -0.2) is 39.8 Å². The predicted molar refractivity (Wildman–Crippen MR) is 73.2 cm³/mol. The summed E-state index contributed by atoms with van der Waals surface area (Å²) in [5.41, 5.74) is 2.12. The summed E-state index contributed by atoms with van der Waals surface area (Å²) >= 11 is 0. The van der Waals surface area contributed by atoms with Gasteiger partial charge in [-0.2, -0.15) is 0 Å². The largest absolute Gasteiger partial charge is 0.385 e. The molecule has 6 nitrogen and oxygen atoms in total. The fraction of sp³-hybridized carbons (Fsp3) is 0.462. The number of aromatic nitrogens is 4. The molecule has 100 valence electrons. The monoisotopic (exact) mass is 258 g/mol. The standard InChI is InChI=1S/C13H18N6/c1-3-13(19-10-16-17-18-19)4-2-12(1)15-9-11-5-7-14-8-6-11/h1-4,10-11,14-15H,5-9H2. The molecule has 1 aromatic heterocycles. The van der Waals surface area contributed by atoms with Gasteiger partial charge in [0.2, 0.25) is 0 Å². The lowest BCUT2D eigenvalue weighted by atomic mass is 9.98. The van der Waals surface area contributed by atoms with Crippen molar-refractivity contribution < 1.29 is 0 Å². The van der Waals surface area contributed by atoms with Gasteiger partial charge in [-0.3, -0.25) is 0 Å². The van der Waals surface area contributed by atoms with Crippen LogP contribution in [0.1, 0.15) is 12.8 Å². The van der Waals surface area contributed by atoms with Gasteiger partial charge >= 0.3 is 0 Å². The summed E-state index contributed by atoms with van der Waals surface area (Å²) < 4.78 is 1.65. The number of tetrazole rings is 1. The molecule has 1 aromatic carbocycles. The lowest BCUT2D eigenvalue weighted by Crippen LogP contribution is -2.31. The Labute approximate surface area is 112 Å². The Morgan fingerprint density at radius 3 is 2.68 bits per heavy atom. The zero-order valence-corrected chi connectivity index (χ0v) is 10.8. The van der Waals surface area contributed by atoms with Gasteiger partial charge in [-0.05, 0) is 66.5 Å². The molecule has 6 heteroatoms. The van der Waals surface area contributed by atoms with Crippen molar-refractivity contribution >= 4 is 5.69 Å². The number of hydrogen-bond acceptors (Lipinski definition) is 5. The van der Waals surface area contributed by atoms with E-state index in [1.54, 1.807) is 11.0 Å². The average Bonchev–Trinajstić information content (AvgIpc) is 3.01. The van der Waals surface area contributed by atoms with Crippen LogP contribution >= 0.6 is 0 Å². The number of hydrogen-bond donors (Lipinski definition) is 2. The van der Waals surface area contributed by atoms with E-state index < -0.39 is 0 Å². The third kappa shape index (κ3) is 3.08. The summed E-state index contributed by atoms with van der Waals surface area (Å²) in [6.45, 7) is 3.33. The second-order valence-corrected chi connectivity index (χ2v) is 4.88. The molecule has 0 radical (unpaired) electrons. The van der Waals surface area contributed by atoms with Gasteiger partial charge in [0.1, 0.15) is 6.33 Å². The van der Waals surface area contributed by atoms with Crippen molar-refractivity contribution in [3.8, 4) is 5.69 Å². The van der Waals surface area contributed by atoms with Gasteiger partial charge in [-0.1, -0.05) is 0 Å². The number of piperidine rings is 1. The Hall–Kier alpha value is -1.95. The minimum absolute atomic E-state index is 0.778. The Morgan fingerprint density at radius 1 is 1.21 bits per heavy atom. The molecular formula is C13H18N6. The van der Waals surface area contributed by atoms with E-state index in [0.717, 1.165) is 36.9 Å².